The number of unbranched alkanes of at least 4 members (excludes halogenated alkanes) is 1. The summed E-state index contributed by atoms with van der Waals surface area (Å²) in [4.78, 5) is 20.6. The van der Waals surface area contributed by atoms with Gasteiger partial charge in [0.05, 0.1) is 20.8 Å². The van der Waals surface area contributed by atoms with E-state index in [1.165, 1.54) is 33.7 Å². The molecule has 0 atom stereocenters. The molecule has 1 aromatic carbocycles. The normalized spacial score (nSPS) is 10.3. The van der Waals surface area contributed by atoms with Gasteiger partial charge in [0.1, 0.15) is 0 Å². The highest BCUT2D eigenvalue weighted by atomic mass is 33.1. The Bertz CT molecular complexity index is 454. The smallest absolute Gasteiger partial charge is 0.258 e. The predicted molar refractivity (Wildman–Crippen MR) is 73.0 cm³/mol. The molecule has 0 N–H and O–H groups in total. The third kappa shape index (κ3) is 4.19. The first-order chi connectivity index (χ1) is 8.56. The standard InChI is InChI=1S/C10H12N2O4S2/c1-2-3-6-17-18-10-5-4-8(11(13)14)7-9(10)12(15)16/h4-5,7H,2-3,6H2,1H3. The van der Waals surface area contributed by atoms with E-state index < -0.39 is 9.85 Å². The van der Waals surface area contributed by atoms with Gasteiger partial charge in [-0.25, -0.2) is 0 Å². The highest BCUT2D eigenvalue weighted by molar-refractivity contribution is 8.76. The van der Waals surface area contributed by atoms with Crippen LogP contribution in [-0.4, -0.2) is 15.6 Å². The van der Waals surface area contributed by atoms with Crippen LogP contribution in [0.4, 0.5) is 11.4 Å². The minimum atomic E-state index is -0.633. The van der Waals surface area contributed by atoms with Gasteiger partial charge in [0.15, 0.2) is 0 Å². The molecule has 0 heterocycles. The van der Waals surface area contributed by atoms with Gasteiger partial charge in [-0.1, -0.05) is 34.9 Å². The number of non-ortho nitro benzene ring substituents is 1. The molecule has 0 spiro atoms. The number of nitro benzene ring substituents is 2. The molecule has 0 bridgehead atoms. The second-order valence-corrected chi connectivity index (χ2v) is 5.88. The molecule has 1 rings (SSSR count). The summed E-state index contributed by atoms with van der Waals surface area (Å²) in [5.41, 5.74) is -0.470. The van der Waals surface area contributed by atoms with Crippen LogP contribution in [0.2, 0.25) is 0 Å². The van der Waals surface area contributed by atoms with Crippen molar-refractivity contribution in [3.8, 4) is 0 Å². The lowest BCUT2D eigenvalue weighted by Gasteiger charge is -2.02. The molecule has 0 aromatic heterocycles. The lowest BCUT2D eigenvalue weighted by atomic mass is 10.3. The molecule has 0 saturated carbocycles. The van der Waals surface area contributed by atoms with Gasteiger partial charge in [0.25, 0.3) is 11.4 Å². The average molecular weight is 288 g/mol. The van der Waals surface area contributed by atoms with Crippen LogP contribution in [0, 0.1) is 20.2 Å². The van der Waals surface area contributed by atoms with Crippen LogP contribution in [0.25, 0.3) is 0 Å². The summed E-state index contributed by atoms with van der Waals surface area (Å²) < 4.78 is 0. The van der Waals surface area contributed by atoms with E-state index in [-0.39, 0.29) is 11.4 Å². The summed E-state index contributed by atoms with van der Waals surface area (Å²) >= 11 is 0. The first-order valence-corrected chi connectivity index (χ1v) is 7.60. The molecule has 0 fully saturated rings. The van der Waals surface area contributed by atoms with E-state index in [4.69, 9.17) is 0 Å². The van der Waals surface area contributed by atoms with Gasteiger partial charge in [-0.3, -0.25) is 20.2 Å². The predicted octanol–water partition coefficient (Wildman–Crippen LogP) is 4.04. The zero-order valence-corrected chi connectivity index (χ0v) is 11.3. The van der Waals surface area contributed by atoms with Crippen molar-refractivity contribution in [2.24, 2.45) is 0 Å². The summed E-state index contributed by atoms with van der Waals surface area (Å²) in [7, 11) is 2.81. The van der Waals surface area contributed by atoms with Crippen molar-refractivity contribution < 1.29 is 9.85 Å². The van der Waals surface area contributed by atoms with Gasteiger partial charge in [0, 0.05) is 11.8 Å². The Morgan fingerprint density at radius 3 is 2.50 bits per heavy atom. The molecule has 18 heavy (non-hydrogen) atoms. The van der Waals surface area contributed by atoms with Crippen molar-refractivity contribution in [2.45, 2.75) is 24.7 Å². The van der Waals surface area contributed by atoms with Crippen LogP contribution in [0.1, 0.15) is 19.8 Å². The van der Waals surface area contributed by atoms with Gasteiger partial charge >= 0.3 is 0 Å². The zero-order valence-electron chi connectivity index (χ0n) is 9.70. The second kappa shape index (κ2) is 7.22. The van der Waals surface area contributed by atoms with E-state index in [1.54, 1.807) is 0 Å². The van der Waals surface area contributed by atoms with Crippen LogP contribution in [0.5, 0.6) is 0 Å². The first-order valence-electron chi connectivity index (χ1n) is 5.28. The van der Waals surface area contributed by atoms with E-state index >= 15 is 0 Å². The van der Waals surface area contributed by atoms with E-state index in [9.17, 15) is 20.2 Å². The SMILES string of the molecule is CCCCSSc1ccc([N+](=O)[O-])cc1[N+](=O)[O-]. The van der Waals surface area contributed by atoms with Gasteiger partial charge in [-0.05, 0) is 12.5 Å². The van der Waals surface area contributed by atoms with Crippen LogP contribution >= 0.6 is 21.6 Å². The van der Waals surface area contributed by atoms with Crippen LogP contribution in [-0.2, 0) is 0 Å². The molecular formula is C10H12N2O4S2. The fraction of sp³-hybridized carbons (Fsp3) is 0.400. The van der Waals surface area contributed by atoms with Crippen molar-refractivity contribution in [1.82, 2.24) is 0 Å². The molecule has 0 saturated heterocycles. The molecule has 8 heteroatoms. The Balaban J connectivity index is 2.83. The molecule has 0 aliphatic heterocycles. The number of hydrogen-bond donors (Lipinski definition) is 0. The van der Waals surface area contributed by atoms with E-state index in [2.05, 4.69) is 6.92 Å². The monoisotopic (exact) mass is 288 g/mol. The molecule has 0 aliphatic carbocycles. The van der Waals surface area contributed by atoms with Crippen molar-refractivity contribution in [2.75, 3.05) is 5.75 Å². The maximum Gasteiger partial charge on any atom is 0.290 e. The Labute approximate surface area is 112 Å². The van der Waals surface area contributed by atoms with Crippen molar-refractivity contribution in [3.63, 3.8) is 0 Å². The summed E-state index contributed by atoms with van der Waals surface area (Å²) in [6.45, 7) is 2.07. The number of benzene rings is 1. The second-order valence-electron chi connectivity index (χ2n) is 3.43. The molecular weight excluding hydrogens is 276 g/mol. The number of nitrogens with zero attached hydrogens (tertiary/aromatic N) is 2. The van der Waals surface area contributed by atoms with Crippen molar-refractivity contribution in [1.29, 1.82) is 0 Å². The molecule has 1 aromatic rings. The zero-order chi connectivity index (χ0) is 13.5. The molecule has 6 nitrogen and oxygen atoms in total. The minimum Gasteiger partial charge on any atom is -0.258 e. The van der Waals surface area contributed by atoms with E-state index in [1.807, 2.05) is 0 Å². The molecule has 0 amide bonds. The summed E-state index contributed by atoms with van der Waals surface area (Å²) in [5.74, 6) is 0.898. The Hall–Kier alpha value is -1.28. The fourth-order valence-corrected chi connectivity index (χ4v) is 3.51. The number of nitro groups is 2. The quantitative estimate of drug-likeness (QED) is 0.325. The lowest BCUT2D eigenvalue weighted by Crippen LogP contribution is -1.94. The van der Waals surface area contributed by atoms with Crippen molar-refractivity contribution >= 4 is 33.0 Å². The third-order valence-corrected chi connectivity index (χ3v) is 4.57. The molecule has 0 radical (unpaired) electrons. The summed E-state index contributed by atoms with van der Waals surface area (Å²) in [6, 6.07) is 3.72. The Morgan fingerprint density at radius 1 is 1.22 bits per heavy atom. The Morgan fingerprint density at radius 2 is 1.94 bits per heavy atom. The Kier molecular flexibility index (Phi) is 5.93. The van der Waals surface area contributed by atoms with E-state index in [0.717, 1.165) is 24.7 Å². The van der Waals surface area contributed by atoms with Crippen LogP contribution in [0.3, 0.4) is 0 Å². The van der Waals surface area contributed by atoms with Crippen LogP contribution in [0.15, 0.2) is 23.1 Å². The minimum absolute atomic E-state index is 0.210. The lowest BCUT2D eigenvalue weighted by molar-refractivity contribution is -0.396. The third-order valence-electron chi connectivity index (χ3n) is 2.08. The number of rotatable bonds is 7. The fourth-order valence-electron chi connectivity index (χ4n) is 1.14. The maximum atomic E-state index is 10.8. The van der Waals surface area contributed by atoms with Crippen LogP contribution < -0.4 is 0 Å². The average Bonchev–Trinajstić information content (AvgIpc) is 2.34. The van der Waals surface area contributed by atoms with Gasteiger partial charge < -0.3 is 0 Å². The molecule has 0 aliphatic rings. The highest BCUT2D eigenvalue weighted by Gasteiger charge is 2.19. The van der Waals surface area contributed by atoms with Gasteiger partial charge in [0.2, 0.25) is 0 Å². The largest absolute Gasteiger partial charge is 0.290 e. The van der Waals surface area contributed by atoms with Gasteiger partial charge in [-0.15, -0.1) is 0 Å². The summed E-state index contributed by atoms with van der Waals surface area (Å²) in [5, 5.41) is 21.4. The van der Waals surface area contributed by atoms with Gasteiger partial charge in [-0.2, -0.15) is 0 Å². The first kappa shape index (κ1) is 14.8. The molecule has 98 valence electrons. The topological polar surface area (TPSA) is 86.3 Å². The maximum absolute atomic E-state index is 10.8. The van der Waals surface area contributed by atoms with E-state index in [0.29, 0.717) is 4.90 Å². The highest BCUT2D eigenvalue weighted by Crippen LogP contribution is 2.39. The number of hydrogen-bond acceptors (Lipinski definition) is 6. The van der Waals surface area contributed by atoms with Crippen molar-refractivity contribution in [3.05, 3.63) is 38.4 Å². The summed E-state index contributed by atoms with van der Waals surface area (Å²) in [6.07, 6.45) is 2.11. The molecule has 0 unspecified atom stereocenters.